The molecule has 18 heteroatoms. The van der Waals surface area contributed by atoms with Crippen LogP contribution in [-0.4, -0.2) is 135 Å². The molecule has 17 rings (SSSR count). The molecule has 1 aliphatic rings. The van der Waals surface area contributed by atoms with Crippen molar-refractivity contribution in [1.29, 1.82) is 0 Å². The smallest absolute Gasteiger partial charge is 0.341 e. The Kier molecular flexibility index (Phi) is 29.0. The molecule has 16 aromatic rings. The van der Waals surface area contributed by atoms with Gasteiger partial charge in [0.15, 0.2) is 0 Å². The molecule has 0 unspecified atom stereocenters. The molecule has 0 saturated carbocycles. The third-order valence-electron chi connectivity index (χ3n) is 22.2. The number of aryl methyl sites for hydroxylation is 2. The number of aliphatic hydroxyl groups excluding tert-OH is 1. The minimum Gasteiger partial charge on any atom is -0.490 e. The number of hydrogen-bond acceptors (Lipinski definition) is 14. The predicted octanol–water partition coefficient (Wildman–Crippen LogP) is 22.5. The maximum atomic E-state index is 13.8. The molecule has 12 aromatic carbocycles. The van der Waals surface area contributed by atoms with E-state index < -0.39 is 17.4 Å². The summed E-state index contributed by atoms with van der Waals surface area (Å²) in [6.45, 7) is 21.1. The van der Waals surface area contributed by atoms with Gasteiger partial charge in [0.2, 0.25) is 0 Å². The Morgan fingerprint density at radius 3 is 1.43 bits per heavy atom. The summed E-state index contributed by atoms with van der Waals surface area (Å²) in [7, 11) is 1.62. The van der Waals surface area contributed by atoms with Gasteiger partial charge >= 0.3 is 11.9 Å². The molecule has 1 aliphatic carbocycles. The van der Waals surface area contributed by atoms with Crippen molar-refractivity contribution in [2.45, 2.75) is 79.2 Å². The van der Waals surface area contributed by atoms with Gasteiger partial charge in [0.25, 0.3) is 0 Å². The summed E-state index contributed by atoms with van der Waals surface area (Å²) in [4.78, 5) is 32.1. The van der Waals surface area contributed by atoms with Gasteiger partial charge < -0.3 is 61.4 Å². The van der Waals surface area contributed by atoms with Crippen molar-refractivity contribution in [3.63, 3.8) is 0 Å². The van der Waals surface area contributed by atoms with Crippen LogP contribution in [0, 0.1) is 19.9 Å². The van der Waals surface area contributed by atoms with Gasteiger partial charge in [0.1, 0.15) is 17.9 Å². The Morgan fingerprint density at radius 2 is 0.943 bits per heavy atom. The summed E-state index contributed by atoms with van der Waals surface area (Å²) in [6.07, 6.45) is 3.93. The van der Waals surface area contributed by atoms with Crippen LogP contribution in [0.5, 0.6) is 5.75 Å². The Labute approximate surface area is 730 Å². The van der Waals surface area contributed by atoms with E-state index in [4.69, 9.17) is 47.7 Å². The minimum atomic E-state index is -0.971. The standard InChI is InChI=1S/C47H58O12.C36H22N2S.C21H23N2.Ir/c1-6-57-45(49)40-30-36(11-10-35(40)32-56-25-24-54-21-20-52-17-16-48)47(42-28-33(3)8-13-38(42)39-14-9-34(4)29-43(39)47)37-12-15-44(41(31-37)46(50)58-7-2)59-27-26-55-23-22-53-19-18-51-5;1-5-13-31-25(9-1)26-10-2-6-14-32(26)37(31)23-17-19-35-29(21-23)30-22-24(18-20-36(30)39-35)38-33-15-7-3-11-27(33)28-12-4-8-16-34(28)38;1-15(2)18-11-8-12-19(16(3)4)20(18)23-14-13-22-21(23)17-9-6-5-7-10-17;/h8-15,28-31,48H,6-7,16-27,32H2,1-5H3;1-22H;5-9,11-16H,1-4H3;/q;;-1;. The number of ether oxygens (including phenoxy) is 9. The van der Waals surface area contributed by atoms with Gasteiger partial charge in [-0.2, -0.15) is 0 Å². The first-order valence-electron chi connectivity index (χ1n) is 41.8. The minimum absolute atomic E-state index is 0. The first kappa shape index (κ1) is 87.1. The SMILES string of the molecule is CC(C)c1cccc(C(C)C)c1-n1ccnc1-c1[c-]cccc1.CCOC(=O)c1cc(C2(c3ccc(OCCOCCOCCOC)c(C(=O)OCC)c3)c3cc(C)ccc3-c3ccc(C)cc32)ccc1COCCOCCOCCO.[Ir].c1ccc2c(c1)c1ccccc1n2-c1ccc2sc3ccc(-n4c5ccccc5c5ccccc54)cc3c2c1. The number of hydrogen-bond donors (Lipinski definition) is 1. The summed E-state index contributed by atoms with van der Waals surface area (Å²) in [5.74, 6) is 1.25. The zero-order chi connectivity index (χ0) is 83.9. The van der Waals surface area contributed by atoms with Crippen LogP contribution in [0.25, 0.3) is 103 Å². The molecule has 4 aromatic heterocycles. The van der Waals surface area contributed by atoms with Crippen LogP contribution < -0.4 is 4.74 Å². The molecule has 627 valence electrons. The largest absolute Gasteiger partial charge is 0.490 e. The number of methoxy groups -OCH3 is 1. The van der Waals surface area contributed by atoms with E-state index in [1.54, 1.807) is 21.0 Å². The van der Waals surface area contributed by atoms with Gasteiger partial charge in [-0.1, -0.05) is 184 Å². The van der Waals surface area contributed by atoms with Crippen molar-refractivity contribution in [1.82, 2.24) is 18.7 Å². The number of aromatic nitrogens is 4. The summed E-state index contributed by atoms with van der Waals surface area (Å²) in [5, 5.41) is 16.6. The van der Waals surface area contributed by atoms with Gasteiger partial charge in [-0.05, 0) is 168 Å². The van der Waals surface area contributed by atoms with E-state index in [9.17, 15) is 9.59 Å². The average Bonchev–Trinajstić information content (AvgIpc) is 1.52. The van der Waals surface area contributed by atoms with Crippen LogP contribution in [0.3, 0.4) is 0 Å². The van der Waals surface area contributed by atoms with Gasteiger partial charge in [-0.25, -0.2) is 9.59 Å². The number of carbonyl (C=O) groups excluding carboxylic acids is 2. The van der Waals surface area contributed by atoms with E-state index in [-0.39, 0.29) is 65.3 Å². The molecule has 16 nitrogen and oxygen atoms in total. The molecule has 1 radical (unpaired) electrons. The zero-order valence-corrected chi connectivity index (χ0v) is 73.8. The van der Waals surface area contributed by atoms with E-state index in [1.165, 1.54) is 92.0 Å². The molecular formula is C104H103IrN4O12S-. The van der Waals surface area contributed by atoms with Gasteiger partial charge in [-0.3, -0.25) is 4.98 Å². The van der Waals surface area contributed by atoms with Gasteiger partial charge in [0.05, 0.1) is 131 Å². The van der Waals surface area contributed by atoms with Crippen molar-refractivity contribution in [2.24, 2.45) is 0 Å². The van der Waals surface area contributed by atoms with E-state index in [1.807, 2.05) is 72.1 Å². The van der Waals surface area contributed by atoms with Crippen LogP contribution in [0.2, 0.25) is 0 Å². The van der Waals surface area contributed by atoms with Crippen LogP contribution in [0.4, 0.5) is 0 Å². The average molecular weight is 1830 g/mol. The number of esters is 2. The molecular weight excluding hydrogens is 1720 g/mol. The van der Waals surface area contributed by atoms with E-state index in [0.717, 1.165) is 55.9 Å². The monoisotopic (exact) mass is 1820 g/mol. The number of aliphatic hydroxyl groups is 1. The molecule has 0 amide bonds. The van der Waals surface area contributed by atoms with Crippen molar-refractivity contribution in [3.8, 4) is 45.3 Å². The normalized spacial score (nSPS) is 12.1. The second-order valence-corrected chi connectivity index (χ2v) is 31.7. The number of nitrogens with zero attached hydrogens (tertiary/aromatic N) is 4. The number of benzene rings is 12. The summed E-state index contributed by atoms with van der Waals surface area (Å²) in [6, 6.07) is 91.0. The number of para-hydroxylation sites is 5. The Morgan fingerprint density at radius 1 is 0.475 bits per heavy atom. The fourth-order valence-corrected chi connectivity index (χ4v) is 17.8. The van der Waals surface area contributed by atoms with E-state index in [0.29, 0.717) is 88.2 Å². The van der Waals surface area contributed by atoms with E-state index >= 15 is 0 Å². The quantitative estimate of drug-likeness (QED) is 0.0241. The Hall–Kier alpha value is -11.2. The molecule has 4 heterocycles. The first-order valence-corrected chi connectivity index (χ1v) is 42.6. The van der Waals surface area contributed by atoms with Crippen molar-refractivity contribution in [3.05, 3.63) is 328 Å². The molecule has 1 N–H and O–H groups in total. The third-order valence-corrected chi connectivity index (χ3v) is 23.4. The number of fused-ring (bicyclic) bond motifs is 12. The molecule has 0 atom stereocenters. The fraction of sp³-hybridized carbons (Fsp3) is 0.260. The number of imidazole rings is 1. The van der Waals surface area contributed by atoms with E-state index in [2.05, 4.69) is 267 Å². The van der Waals surface area contributed by atoms with Gasteiger partial charge in [0, 0.05) is 98.4 Å². The molecule has 0 aliphatic heterocycles. The van der Waals surface area contributed by atoms with Crippen LogP contribution in [-0.2, 0) is 70.0 Å². The number of rotatable bonds is 32. The van der Waals surface area contributed by atoms with Crippen LogP contribution in [0.1, 0.15) is 124 Å². The second-order valence-electron chi connectivity index (χ2n) is 30.6. The number of thiophene rings is 1. The van der Waals surface area contributed by atoms with Crippen LogP contribution >= 0.6 is 11.3 Å². The molecule has 0 saturated heterocycles. The van der Waals surface area contributed by atoms with Gasteiger partial charge in [-0.15, -0.1) is 47.2 Å². The maximum absolute atomic E-state index is 13.8. The molecule has 0 spiro atoms. The third kappa shape index (κ3) is 18.3. The van der Waals surface area contributed by atoms with Crippen LogP contribution in [0.15, 0.2) is 261 Å². The molecule has 122 heavy (non-hydrogen) atoms. The molecule has 0 bridgehead atoms. The predicted molar refractivity (Wildman–Crippen MR) is 487 cm³/mol. The zero-order valence-electron chi connectivity index (χ0n) is 70.6. The topological polar surface area (TPSA) is 165 Å². The fourth-order valence-electron chi connectivity index (χ4n) is 16.7. The second kappa shape index (κ2) is 40.6. The summed E-state index contributed by atoms with van der Waals surface area (Å²) >= 11 is 1.87. The maximum Gasteiger partial charge on any atom is 0.341 e. The number of carbonyl (C=O) groups is 2. The summed E-state index contributed by atoms with van der Waals surface area (Å²) < 4.78 is 60.1. The Bertz CT molecular complexity index is 5880. The summed E-state index contributed by atoms with van der Waals surface area (Å²) in [5.41, 5.74) is 20.6. The molecule has 0 fully saturated rings. The Balaban J connectivity index is 0.000000164. The van der Waals surface area contributed by atoms with Crippen molar-refractivity contribution >= 4 is 87.1 Å². The van der Waals surface area contributed by atoms with Crippen molar-refractivity contribution in [2.75, 3.05) is 99.6 Å². The van der Waals surface area contributed by atoms with Crippen molar-refractivity contribution < 1.29 is 77.4 Å². The first-order chi connectivity index (χ1) is 59.2.